The molecule has 2 N–H and O–H groups in total. The monoisotopic (exact) mass is 417 g/mol. The van der Waals surface area contributed by atoms with E-state index in [0.717, 1.165) is 44.3 Å². The number of aliphatic imine (C=N–C) groups is 1. The molecule has 6 nitrogen and oxygen atoms in total. The summed E-state index contributed by atoms with van der Waals surface area (Å²) in [5.74, 6) is 2.90. The van der Waals surface area contributed by atoms with Crippen LogP contribution < -0.4 is 15.4 Å². The highest BCUT2D eigenvalue weighted by Gasteiger charge is 2.17. The van der Waals surface area contributed by atoms with Gasteiger partial charge in [0.25, 0.3) is 0 Å². The third-order valence-corrected chi connectivity index (χ3v) is 5.94. The molecule has 0 bridgehead atoms. The van der Waals surface area contributed by atoms with Gasteiger partial charge in [-0.25, -0.2) is 0 Å². The van der Waals surface area contributed by atoms with Gasteiger partial charge in [-0.2, -0.15) is 0 Å². The van der Waals surface area contributed by atoms with Gasteiger partial charge in [0, 0.05) is 52.4 Å². The molecule has 0 spiro atoms. The van der Waals surface area contributed by atoms with E-state index in [9.17, 15) is 0 Å². The summed E-state index contributed by atoms with van der Waals surface area (Å²) in [4.78, 5) is 9.96. The van der Waals surface area contributed by atoms with Crippen molar-refractivity contribution in [1.29, 1.82) is 0 Å². The van der Waals surface area contributed by atoms with Gasteiger partial charge < -0.3 is 25.2 Å². The molecule has 0 aromatic heterocycles. The molecule has 2 unspecified atom stereocenters. The summed E-state index contributed by atoms with van der Waals surface area (Å²) in [6.45, 7) is 18.7. The van der Waals surface area contributed by atoms with Gasteiger partial charge in [0.1, 0.15) is 5.75 Å². The van der Waals surface area contributed by atoms with Crippen molar-refractivity contribution in [3.63, 3.8) is 0 Å². The lowest BCUT2D eigenvalue weighted by Gasteiger charge is -2.35. The fourth-order valence-corrected chi connectivity index (χ4v) is 3.88. The summed E-state index contributed by atoms with van der Waals surface area (Å²) < 4.78 is 5.25. The summed E-state index contributed by atoms with van der Waals surface area (Å²) in [7, 11) is 1.71. The molecular formula is C24H43N5O. The van der Waals surface area contributed by atoms with Gasteiger partial charge in [-0.05, 0) is 49.4 Å². The lowest BCUT2D eigenvalue weighted by atomic mass is 9.98. The van der Waals surface area contributed by atoms with E-state index in [1.807, 2.05) is 12.1 Å². The minimum absolute atomic E-state index is 0.493. The number of rotatable bonds is 11. The molecule has 0 radical (unpaired) electrons. The molecule has 6 heteroatoms. The van der Waals surface area contributed by atoms with E-state index in [1.54, 1.807) is 7.11 Å². The first-order valence-corrected chi connectivity index (χ1v) is 11.7. The van der Waals surface area contributed by atoms with Crippen molar-refractivity contribution >= 4 is 5.96 Å². The molecule has 30 heavy (non-hydrogen) atoms. The maximum atomic E-state index is 5.25. The highest BCUT2D eigenvalue weighted by atomic mass is 16.5. The van der Waals surface area contributed by atoms with Crippen molar-refractivity contribution in [3.05, 3.63) is 29.8 Å². The molecule has 0 amide bonds. The first-order chi connectivity index (χ1) is 14.5. The number of nitrogens with one attached hydrogen (secondary N) is 2. The number of benzene rings is 1. The lowest BCUT2D eigenvalue weighted by Crippen LogP contribution is -2.47. The first-order valence-electron chi connectivity index (χ1n) is 11.7. The Morgan fingerprint density at radius 3 is 2.30 bits per heavy atom. The van der Waals surface area contributed by atoms with Gasteiger partial charge >= 0.3 is 0 Å². The molecule has 1 saturated heterocycles. The zero-order valence-corrected chi connectivity index (χ0v) is 19.8. The Morgan fingerprint density at radius 2 is 1.70 bits per heavy atom. The van der Waals surface area contributed by atoms with Crippen LogP contribution in [0.4, 0.5) is 0 Å². The number of nitrogens with zero attached hydrogens (tertiary/aromatic N) is 3. The Balaban J connectivity index is 1.73. The molecular weight excluding hydrogens is 374 g/mol. The second-order valence-corrected chi connectivity index (χ2v) is 8.45. The van der Waals surface area contributed by atoms with Crippen molar-refractivity contribution in [2.75, 3.05) is 66.0 Å². The largest absolute Gasteiger partial charge is 0.497 e. The van der Waals surface area contributed by atoms with E-state index >= 15 is 0 Å². The normalized spacial score (nSPS) is 18.1. The molecule has 2 atom stereocenters. The standard InChI is InChI=1S/C24H43N5O/c1-6-25-24(26-13-12-21(4)22-8-10-23(30-5)11-9-22)27-18-20(3)19-29-16-14-28(7-2)15-17-29/h8-11,20-21H,6-7,12-19H2,1-5H3,(H2,25,26,27). The van der Waals surface area contributed by atoms with E-state index in [0.29, 0.717) is 11.8 Å². The minimum atomic E-state index is 0.493. The summed E-state index contributed by atoms with van der Waals surface area (Å²) in [6, 6.07) is 8.39. The Kier molecular flexibility index (Phi) is 11.0. The molecule has 1 aromatic rings. The van der Waals surface area contributed by atoms with E-state index in [1.165, 1.54) is 38.3 Å². The predicted octanol–water partition coefficient (Wildman–Crippen LogP) is 3.02. The fraction of sp³-hybridized carbons (Fsp3) is 0.708. The van der Waals surface area contributed by atoms with Crippen LogP contribution in [0.25, 0.3) is 0 Å². The van der Waals surface area contributed by atoms with E-state index in [4.69, 9.17) is 9.73 Å². The molecule has 2 rings (SSSR count). The van der Waals surface area contributed by atoms with Gasteiger partial charge in [0.2, 0.25) is 0 Å². The third kappa shape index (κ3) is 8.52. The molecule has 170 valence electrons. The van der Waals surface area contributed by atoms with Gasteiger partial charge in [-0.3, -0.25) is 4.99 Å². The van der Waals surface area contributed by atoms with Gasteiger partial charge in [0.05, 0.1) is 7.11 Å². The van der Waals surface area contributed by atoms with E-state index in [2.05, 4.69) is 60.3 Å². The first kappa shape index (κ1) is 24.5. The number of ether oxygens (including phenoxy) is 1. The minimum Gasteiger partial charge on any atom is -0.497 e. The zero-order valence-electron chi connectivity index (χ0n) is 19.8. The summed E-state index contributed by atoms with van der Waals surface area (Å²) in [5.41, 5.74) is 1.34. The van der Waals surface area contributed by atoms with E-state index in [-0.39, 0.29) is 0 Å². The van der Waals surface area contributed by atoms with Gasteiger partial charge in [0.15, 0.2) is 5.96 Å². The molecule has 1 aromatic carbocycles. The fourth-order valence-electron chi connectivity index (χ4n) is 3.88. The van der Waals surface area contributed by atoms with Crippen molar-refractivity contribution in [1.82, 2.24) is 20.4 Å². The lowest BCUT2D eigenvalue weighted by molar-refractivity contribution is 0.125. The van der Waals surface area contributed by atoms with Crippen molar-refractivity contribution in [2.45, 2.75) is 40.0 Å². The SMILES string of the molecule is CCNC(=NCC(C)CN1CCN(CC)CC1)NCCC(C)c1ccc(OC)cc1. The number of guanidine groups is 1. The summed E-state index contributed by atoms with van der Waals surface area (Å²) in [6.07, 6.45) is 1.06. The van der Waals surface area contributed by atoms with Crippen LogP contribution in [0.5, 0.6) is 5.75 Å². The average Bonchev–Trinajstić information content (AvgIpc) is 2.78. The van der Waals surface area contributed by atoms with Crippen LogP contribution in [0.15, 0.2) is 29.3 Å². The van der Waals surface area contributed by atoms with Crippen LogP contribution >= 0.6 is 0 Å². The van der Waals surface area contributed by atoms with Gasteiger partial charge in [-0.15, -0.1) is 0 Å². The topological polar surface area (TPSA) is 52.1 Å². The van der Waals surface area contributed by atoms with Crippen LogP contribution in [0.2, 0.25) is 0 Å². The Bertz CT molecular complexity index is 611. The van der Waals surface area contributed by atoms with Crippen LogP contribution in [0.3, 0.4) is 0 Å². The smallest absolute Gasteiger partial charge is 0.191 e. The second kappa shape index (κ2) is 13.5. The summed E-state index contributed by atoms with van der Waals surface area (Å²) >= 11 is 0. The van der Waals surface area contributed by atoms with Crippen molar-refractivity contribution in [3.8, 4) is 5.75 Å². The third-order valence-electron chi connectivity index (χ3n) is 5.94. The Labute approximate surface area is 184 Å². The number of piperazine rings is 1. The molecule has 1 fully saturated rings. The number of likely N-dealkylation sites (N-methyl/N-ethyl adjacent to an activating group) is 1. The maximum Gasteiger partial charge on any atom is 0.191 e. The van der Waals surface area contributed by atoms with Crippen LogP contribution in [-0.2, 0) is 0 Å². The number of methoxy groups -OCH3 is 1. The van der Waals surface area contributed by atoms with Crippen molar-refractivity contribution in [2.24, 2.45) is 10.9 Å². The molecule has 0 aliphatic carbocycles. The molecule has 0 saturated carbocycles. The number of hydrogen-bond donors (Lipinski definition) is 2. The van der Waals surface area contributed by atoms with E-state index < -0.39 is 0 Å². The highest BCUT2D eigenvalue weighted by molar-refractivity contribution is 5.79. The van der Waals surface area contributed by atoms with Crippen LogP contribution in [0, 0.1) is 5.92 Å². The predicted molar refractivity (Wildman–Crippen MR) is 128 cm³/mol. The molecule has 1 aliphatic rings. The van der Waals surface area contributed by atoms with Crippen LogP contribution in [-0.4, -0.2) is 81.8 Å². The Hall–Kier alpha value is -1.79. The maximum absolute atomic E-state index is 5.25. The van der Waals surface area contributed by atoms with Gasteiger partial charge in [-0.1, -0.05) is 32.9 Å². The van der Waals surface area contributed by atoms with Crippen molar-refractivity contribution < 1.29 is 4.74 Å². The quantitative estimate of drug-likeness (QED) is 0.428. The molecule has 1 heterocycles. The zero-order chi connectivity index (χ0) is 21.8. The summed E-state index contributed by atoms with van der Waals surface area (Å²) in [5, 5.41) is 6.90. The Morgan fingerprint density at radius 1 is 1.03 bits per heavy atom. The number of hydrogen-bond acceptors (Lipinski definition) is 4. The second-order valence-electron chi connectivity index (χ2n) is 8.45. The van der Waals surface area contributed by atoms with Crippen LogP contribution in [0.1, 0.15) is 45.6 Å². The average molecular weight is 418 g/mol. The molecule has 1 aliphatic heterocycles. The highest BCUT2D eigenvalue weighted by Crippen LogP contribution is 2.21.